The van der Waals surface area contributed by atoms with Crippen molar-refractivity contribution in [3.05, 3.63) is 156 Å². The van der Waals surface area contributed by atoms with Gasteiger partial charge in [0, 0.05) is 38.9 Å². The Bertz CT molecular complexity index is 2600. The number of hydrogen-bond donors (Lipinski definition) is 0. The summed E-state index contributed by atoms with van der Waals surface area (Å²) in [5.41, 5.74) is 10.8. The second kappa shape index (κ2) is 10.3. The lowest BCUT2D eigenvalue weighted by molar-refractivity contribution is 0.622. The minimum atomic E-state index is -0.209. The van der Waals surface area contributed by atoms with Crippen LogP contribution < -0.4 is 0 Å². The second-order valence-corrected chi connectivity index (χ2v) is 12.9. The Morgan fingerprint density at radius 1 is 0.681 bits per heavy atom. The van der Waals surface area contributed by atoms with Crippen LogP contribution in [0.3, 0.4) is 0 Å². The molecule has 2 aromatic heterocycles. The predicted molar refractivity (Wildman–Crippen MR) is 198 cm³/mol. The normalized spacial score (nSPS) is 13.8. The Hall–Kier alpha value is -5.87. The molecule has 2 heterocycles. The number of aromatic nitrogens is 2. The maximum absolute atomic E-state index is 5.48. The molecule has 0 saturated carbocycles. The van der Waals surface area contributed by atoms with Gasteiger partial charge in [-0.15, -0.1) is 0 Å². The zero-order chi connectivity index (χ0) is 31.7. The Morgan fingerprint density at radius 2 is 1.40 bits per heavy atom. The molecule has 4 nitrogen and oxygen atoms in total. The lowest BCUT2D eigenvalue weighted by atomic mass is 9.70. The molecular weight excluding hydrogens is 573 g/mol. The Kier molecular flexibility index (Phi) is 6.03. The van der Waals surface area contributed by atoms with E-state index in [2.05, 4.69) is 139 Å². The van der Waals surface area contributed by atoms with Crippen LogP contribution in [0.5, 0.6) is 0 Å². The van der Waals surface area contributed by atoms with Crippen molar-refractivity contribution >= 4 is 61.5 Å². The average molecular weight is 605 g/mol. The monoisotopic (exact) mass is 604 g/mol. The summed E-state index contributed by atoms with van der Waals surface area (Å²) in [6.07, 6.45) is 1.98. The molecule has 0 spiro atoms. The number of pyridine rings is 1. The van der Waals surface area contributed by atoms with E-state index in [-0.39, 0.29) is 5.41 Å². The highest BCUT2D eigenvalue weighted by Crippen LogP contribution is 2.50. The molecule has 1 aliphatic rings. The largest absolute Gasteiger partial charge is 0.320 e. The lowest BCUT2D eigenvalue weighted by Crippen LogP contribution is -2.25. The Labute approximate surface area is 273 Å². The van der Waals surface area contributed by atoms with Crippen molar-refractivity contribution in [3.8, 4) is 11.1 Å². The quantitative estimate of drug-likeness (QED) is 0.180. The first-order valence-corrected chi connectivity index (χ1v) is 16.1. The summed E-state index contributed by atoms with van der Waals surface area (Å²) in [6.45, 7) is 8.92. The van der Waals surface area contributed by atoms with Gasteiger partial charge >= 0.3 is 0 Å². The van der Waals surface area contributed by atoms with E-state index in [0.29, 0.717) is 6.67 Å². The van der Waals surface area contributed by atoms with Gasteiger partial charge in [-0.25, -0.2) is 0 Å². The first kappa shape index (κ1) is 27.4. The van der Waals surface area contributed by atoms with Crippen molar-refractivity contribution in [1.82, 2.24) is 9.55 Å². The summed E-state index contributed by atoms with van der Waals surface area (Å²) in [4.78, 5) is 14.9. The van der Waals surface area contributed by atoms with E-state index in [0.717, 1.165) is 44.6 Å². The molecule has 0 unspecified atom stereocenters. The van der Waals surface area contributed by atoms with Crippen LogP contribution >= 0.6 is 0 Å². The third-order valence-electron chi connectivity index (χ3n) is 10.0. The zero-order valence-corrected chi connectivity index (χ0v) is 26.4. The van der Waals surface area contributed by atoms with Crippen molar-refractivity contribution < 1.29 is 0 Å². The van der Waals surface area contributed by atoms with Crippen LogP contribution in [-0.4, -0.2) is 22.0 Å². The zero-order valence-electron chi connectivity index (χ0n) is 26.4. The second-order valence-electron chi connectivity index (χ2n) is 12.9. The van der Waals surface area contributed by atoms with Gasteiger partial charge in [-0.1, -0.05) is 117 Å². The van der Waals surface area contributed by atoms with Gasteiger partial charge in [0.15, 0.2) is 0 Å². The van der Waals surface area contributed by atoms with Crippen molar-refractivity contribution in [3.63, 3.8) is 0 Å². The topological polar surface area (TPSA) is 42.5 Å². The van der Waals surface area contributed by atoms with Crippen LogP contribution in [0, 0.1) is 0 Å². The number of benzene rings is 6. The standard InChI is InChI=1S/C43H32N4/c1-43(2)35-20-9-6-16-29(35)34-25-38-39(33-23-24-45-42(43)40(33)34)32-18-8-11-22-37(32)47(38)26-46-41(31-17-7-10-21-36(31)44-3)30-19-12-14-27-13-4-5-15-28(27)30/h4-25H,3,26H2,1-2H3/b46-41-. The van der Waals surface area contributed by atoms with Gasteiger partial charge in [-0.2, -0.15) is 0 Å². The SMILES string of the molecule is C=Nc1ccccc1/C(=N\Cn1c2ccccc2c2c3ccnc4c3c(cc21)-c1ccccc1C4(C)C)c1cccc2ccccc12. The van der Waals surface area contributed by atoms with Crippen molar-refractivity contribution in [1.29, 1.82) is 0 Å². The third kappa shape index (κ3) is 3.98. The van der Waals surface area contributed by atoms with E-state index >= 15 is 0 Å². The molecule has 6 aromatic carbocycles. The van der Waals surface area contributed by atoms with Crippen LogP contribution in [0.1, 0.15) is 36.2 Å². The first-order chi connectivity index (χ1) is 23.1. The molecule has 1 aliphatic carbocycles. The van der Waals surface area contributed by atoms with Crippen molar-refractivity contribution in [2.45, 2.75) is 25.9 Å². The molecule has 224 valence electrons. The molecule has 4 heteroatoms. The minimum Gasteiger partial charge on any atom is -0.320 e. The average Bonchev–Trinajstić information content (AvgIpc) is 3.44. The molecule has 9 rings (SSSR count). The molecule has 0 radical (unpaired) electrons. The summed E-state index contributed by atoms with van der Waals surface area (Å²) in [6, 6.07) is 45.2. The molecule has 0 aliphatic heterocycles. The number of para-hydroxylation sites is 2. The number of aliphatic imine (C=N–C) groups is 2. The summed E-state index contributed by atoms with van der Waals surface area (Å²) in [5, 5.41) is 7.28. The maximum atomic E-state index is 5.48. The smallest absolute Gasteiger partial charge is 0.115 e. The fourth-order valence-corrected chi connectivity index (χ4v) is 7.84. The number of fused-ring (bicyclic) bond motifs is 7. The van der Waals surface area contributed by atoms with Crippen LogP contribution in [-0.2, 0) is 12.1 Å². The Balaban J connectivity index is 1.35. The maximum Gasteiger partial charge on any atom is 0.115 e. The lowest BCUT2D eigenvalue weighted by Gasteiger charge is -2.34. The van der Waals surface area contributed by atoms with E-state index in [1.807, 2.05) is 24.4 Å². The van der Waals surface area contributed by atoms with E-state index in [1.165, 1.54) is 43.6 Å². The van der Waals surface area contributed by atoms with Gasteiger partial charge in [-0.3, -0.25) is 15.0 Å². The minimum absolute atomic E-state index is 0.209. The highest BCUT2D eigenvalue weighted by Gasteiger charge is 2.35. The van der Waals surface area contributed by atoms with E-state index < -0.39 is 0 Å². The highest BCUT2D eigenvalue weighted by atomic mass is 15.1. The molecule has 0 N–H and O–H groups in total. The predicted octanol–water partition coefficient (Wildman–Crippen LogP) is 10.6. The molecule has 8 aromatic rings. The van der Waals surface area contributed by atoms with Gasteiger partial charge < -0.3 is 4.57 Å². The van der Waals surface area contributed by atoms with E-state index in [4.69, 9.17) is 9.98 Å². The molecule has 0 amide bonds. The number of nitrogens with zero attached hydrogens (tertiary/aromatic N) is 4. The molecule has 0 atom stereocenters. The van der Waals surface area contributed by atoms with Crippen LogP contribution in [0.2, 0.25) is 0 Å². The van der Waals surface area contributed by atoms with E-state index in [9.17, 15) is 0 Å². The molecule has 0 saturated heterocycles. The first-order valence-electron chi connectivity index (χ1n) is 16.1. The van der Waals surface area contributed by atoms with Crippen LogP contribution in [0.4, 0.5) is 5.69 Å². The fourth-order valence-electron chi connectivity index (χ4n) is 7.84. The van der Waals surface area contributed by atoms with E-state index in [1.54, 1.807) is 0 Å². The van der Waals surface area contributed by atoms with Crippen molar-refractivity contribution in [2.24, 2.45) is 9.98 Å². The van der Waals surface area contributed by atoms with Crippen LogP contribution in [0.25, 0.3) is 54.5 Å². The van der Waals surface area contributed by atoms with Gasteiger partial charge in [-0.05, 0) is 63.8 Å². The van der Waals surface area contributed by atoms with Crippen LogP contribution in [0.15, 0.2) is 144 Å². The fraction of sp³-hybridized carbons (Fsp3) is 0.0930. The number of hydrogen-bond acceptors (Lipinski definition) is 3. The van der Waals surface area contributed by atoms with Gasteiger partial charge in [0.25, 0.3) is 0 Å². The summed E-state index contributed by atoms with van der Waals surface area (Å²) in [5.74, 6) is 0. The highest BCUT2D eigenvalue weighted by molar-refractivity contribution is 6.25. The molecular formula is C43H32N4. The Morgan fingerprint density at radius 3 is 2.30 bits per heavy atom. The van der Waals surface area contributed by atoms with Gasteiger partial charge in [0.05, 0.1) is 28.1 Å². The van der Waals surface area contributed by atoms with Gasteiger partial charge in [0.1, 0.15) is 6.67 Å². The molecule has 0 fully saturated rings. The van der Waals surface area contributed by atoms with Crippen molar-refractivity contribution in [2.75, 3.05) is 0 Å². The molecule has 47 heavy (non-hydrogen) atoms. The molecule has 0 bridgehead atoms. The summed E-state index contributed by atoms with van der Waals surface area (Å²) >= 11 is 0. The number of rotatable bonds is 5. The van der Waals surface area contributed by atoms with Gasteiger partial charge in [0.2, 0.25) is 0 Å². The summed E-state index contributed by atoms with van der Waals surface area (Å²) in [7, 11) is 0. The third-order valence-corrected chi connectivity index (χ3v) is 10.0. The summed E-state index contributed by atoms with van der Waals surface area (Å²) < 4.78 is 2.37.